The zero-order valence-corrected chi connectivity index (χ0v) is 11.6. The average Bonchev–Trinajstić information content (AvgIpc) is 3.11. The van der Waals surface area contributed by atoms with E-state index in [0.29, 0.717) is 12.3 Å². The number of carboxylic acid groups (broad SMARTS) is 1. The maximum absolute atomic E-state index is 12.5. The average molecular weight is 283 g/mol. The molecule has 6 nitrogen and oxygen atoms in total. The van der Waals surface area contributed by atoms with Gasteiger partial charge in [0.05, 0.1) is 17.9 Å². The molecule has 0 spiro atoms. The standard InChI is InChI=1S/C12H17N3O3S/c1-8-15(10(7-19-8)11(16)17)12(18)14(6-2-5-13)9-3-4-9/h8-10H,2-4,6-7H2,1H3,(H,16,17). The van der Waals surface area contributed by atoms with Crippen molar-refractivity contribution in [3.63, 3.8) is 0 Å². The van der Waals surface area contributed by atoms with Gasteiger partial charge in [-0.15, -0.1) is 11.8 Å². The Morgan fingerprint density at radius 3 is 2.74 bits per heavy atom. The van der Waals surface area contributed by atoms with Gasteiger partial charge in [-0.1, -0.05) is 0 Å². The Kier molecular flexibility index (Phi) is 4.20. The predicted octanol–water partition coefficient (Wildman–Crippen LogP) is 1.33. The summed E-state index contributed by atoms with van der Waals surface area (Å²) in [5, 5.41) is 17.7. The molecule has 19 heavy (non-hydrogen) atoms. The van der Waals surface area contributed by atoms with Gasteiger partial charge in [0.25, 0.3) is 0 Å². The van der Waals surface area contributed by atoms with E-state index in [4.69, 9.17) is 5.26 Å². The van der Waals surface area contributed by atoms with Crippen LogP contribution < -0.4 is 0 Å². The second-order valence-electron chi connectivity index (χ2n) is 4.81. The molecule has 2 amide bonds. The number of nitrogens with zero attached hydrogens (tertiary/aromatic N) is 3. The lowest BCUT2D eigenvalue weighted by Crippen LogP contribution is -2.51. The molecule has 2 atom stereocenters. The summed E-state index contributed by atoms with van der Waals surface area (Å²) < 4.78 is 0. The Labute approximate surface area is 116 Å². The number of nitriles is 1. The number of carboxylic acids is 1. The zero-order chi connectivity index (χ0) is 14.0. The van der Waals surface area contributed by atoms with Crippen molar-refractivity contribution in [2.24, 2.45) is 0 Å². The number of hydrogen-bond acceptors (Lipinski definition) is 4. The van der Waals surface area contributed by atoms with Crippen LogP contribution in [0.4, 0.5) is 4.79 Å². The van der Waals surface area contributed by atoms with Gasteiger partial charge in [0.15, 0.2) is 0 Å². The van der Waals surface area contributed by atoms with E-state index in [1.807, 2.05) is 13.0 Å². The van der Waals surface area contributed by atoms with E-state index in [9.17, 15) is 14.7 Å². The Hall–Kier alpha value is -1.42. The highest BCUT2D eigenvalue weighted by Gasteiger charge is 2.44. The van der Waals surface area contributed by atoms with Crippen molar-refractivity contribution in [2.75, 3.05) is 12.3 Å². The van der Waals surface area contributed by atoms with Crippen LogP contribution >= 0.6 is 11.8 Å². The van der Waals surface area contributed by atoms with Gasteiger partial charge in [0.1, 0.15) is 6.04 Å². The second kappa shape index (κ2) is 5.70. The SMILES string of the molecule is CC1SCC(C(=O)O)N1C(=O)N(CCC#N)C1CC1. The van der Waals surface area contributed by atoms with Gasteiger partial charge in [-0.3, -0.25) is 4.90 Å². The lowest BCUT2D eigenvalue weighted by molar-refractivity contribution is -0.141. The zero-order valence-electron chi connectivity index (χ0n) is 10.8. The minimum Gasteiger partial charge on any atom is -0.480 e. The summed E-state index contributed by atoms with van der Waals surface area (Å²) in [6, 6.07) is 1.24. The molecule has 0 aromatic rings. The molecular formula is C12H17N3O3S. The number of hydrogen-bond donors (Lipinski definition) is 1. The molecule has 1 heterocycles. The van der Waals surface area contributed by atoms with Gasteiger partial charge < -0.3 is 10.0 Å². The lowest BCUT2D eigenvalue weighted by atomic mass is 10.3. The summed E-state index contributed by atoms with van der Waals surface area (Å²) in [4.78, 5) is 26.8. The molecule has 2 rings (SSSR count). The van der Waals surface area contributed by atoms with Gasteiger partial charge in [-0.05, 0) is 19.8 Å². The Bertz CT molecular complexity index is 419. The van der Waals surface area contributed by atoms with E-state index in [1.54, 1.807) is 4.90 Å². The number of rotatable bonds is 4. The van der Waals surface area contributed by atoms with Gasteiger partial charge in [-0.2, -0.15) is 5.26 Å². The lowest BCUT2D eigenvalue weighted by Gasteiger charge is -2.32. The van der Waals surface area contributed by atoms with E-state index >= 15 is 0 Å². The van der Waals surface area contributed by atoms with Crippen LogP contribution in [0.25, 0.3) is 0 Å². The first-order valence-corrected chi connectivity index (χ1v) is 7.41. The Balaban J connectivity index is 2.10. The molecule has 1 saturated carbocycles. The van der Waals surface area contributed by atoms with Gasteiger partial charge in [0.2, 0.25) is 0 Å². The third-order valence-corrected chi connectivity index (χ3v) is 4.64. The highest BCUT2D eigenvalue weighted by molar-refractivity contribution is 8.00. The molecular weight excluding hydrogens is 266 g/mol. The molecule has 0 radical (unpaired) electrons. The molecule has 2 fully saturated rings. The van der Waals surface area contributed by atoms with E-state index in [2.05, 4.69) is 0 Å². The van der Waals surface area contributed by atoms with Crippen molar-refractivity contribution in [2.45, 2.75) is 43.6 Å². The summed E-state index contributed by atoms with van der Waals surface area (Å²) in [5.41, 5.74) is 0. The van der Waals surface area contributed by atoms with Crippen molar-refractivity contribution in [3.05, 3.63) is 0 Å². The Morgan fingerprint density at radius 2 is 2.21 bits per heavy atom. The fraction of sp³-hybridized carbons (Fsp3) is 0.750. The predicted molar refractivity (Wildman–Crippen MR) is 70.5 cm³/mol. The molecule has 0 aromatic carbocycles. The molecule has 2 unspecified atom stereocenters. The summed E-state index contributed by atoms with van der Waals surface area (Å²) in [7, 11) is 0. The molecule has 1 saturated heterocycles. The molecule has 1 N–H and O–H groups in total. The van der Waals surface area contributed by atoms with Crippen LogP contribution in [0.5, 0.6) is 0 Å². The summed E-state index contributed by atoms with van der Waals surface area (Å²) in [6.07, 6.45) is 2.18. The van der Waals surface area contributed by atoms with E-state index in [1.165, 1.54) is 16.7 Å². The fourth-order valence-electron chi connectivity index (χ4n) is 2.26. The minimum absolute atomic E-state index is 0.128. The number of thioether (sulfide) groups is 1. The molecule has 0 aromatic heterocycles. The third-order valence-electron chi connectivity index (χ3n) is 3.43. The topological polar surface area (TPSA) is 84.6 Å². The number of amides is 2. The van der Waals surface area contributed by atoms with Crippen LogP contribution in [-0.4, -0.2) is 56.7 Å². The van der Waals surface area contributed by atoms with Crippen molar-refractivity contribution < 1.29 is 14.7 Å². The first-order valence-electron chi connectivity index (χ1n) is 6.36. The fourth-order valence-corrected chi connectivity index (χ4v) is 3.42. The number of urea groups is 1. The largest absolute Gasteiger partial charge is 0.480 e. The normalized spacial score (nSPS) is 26.0. The molecule has 7 heteroatoms. The van der Waals surface area contributed by atoms with Crippen LogP contribution in [0.1, 0.15) is 26.2 Å². The molecule has 104 valence electrons. The van der Waals surface area contributed by atoms with Crippen molar-refractivity contribution in [1.29, 1.82) is 5.26 Å². The van der Waals surface area contributed by atoms with E-state index in [-0.39, 0.29) is 23.9 Å². The Morgan fingerprint density at radius 1 is 1.53 bits per heavy atom. The quantitative estimate of drug-likeness (QED) is 0.841. The smallest absolute Gasteiger partial charge is 0.327 e. The second-order valence-corrected chi connectivity index (χ2v) is 6.16. The summed E-state index contributed by atoms with van der Waals surface area (Å²) in [6.45, 7) is 2.24. The molecule has 0 bridgehead atoms. The third kappa shape index (κ3) is 2.95. The van der Waals surface area contributed by atoms with Crippen LogP contribution in [0.2, 0.25) is 0 Å². The summed E-state index contributed by atoms with van der Waals surface area (Å²) >= 11 is 1.48. The van der Waals surface area contributed by atoms with Crippen LogP contribution in [0.15, 0.2) is 0 Å². The molecule has 1 aliphatic carbocycles. The number of carbonyl (C=O) groups excluding carboxylic acids is 1. The number of carbonyl (C=O) groups is 2. The maximum Gasteiger partial charge on any atom is 0.327 e. The first kappa shape index (κ1) is 14.0. The van der Waals surface area contributed by atoms with Crippen molar-refractivity contribution in [3.8, 4) is 6.07 Å². The van der Waals surface area contributed by atoms with E-state index in [0.717, 1.165) is 12.8 Å². The van der Waals surface area contributed by atoms with Crippen LogP contribution in [0, 0.1) is 11.3 Å². The molecule has 2 aliphatic rings. The number of aliphatic carboxylic acids is 1. The minimum atomic E-state index is -0.957. The highest BCUT2D eigenvalue weighted by Crippen LogP contribution is 2.33. The van der Waals surface area contributed by atoms with Crippen LogP contribution in [-0.2, 0) is 4.79 Å². The van der Waals surface area contributed by atoms with Gasteiger partial charge in [-0.25, -0.2) is 9.59 Å². The first-order chi connectivity index (χ1) is 9.06. The monoisotopic (exact) mass is 283 g/mol. The van der Waals surface area contributed by atoms with E-state index < -0.39 is 12.0 Å². The molecule has 1 aliphatic heterocycles. The van der Waals surface area contributed by atoms with Crippen molar-refractivity contribution >= 4 is 23.8 Å². The summed E-state index contributed by atoms with van der Waals surface area (Å²) in [5.74, 6) is -0.528. The van der Waals surface area contributed by atoms with Gasteiger partial charge >= 0.3 is 12.0 Å². The maximum atomic E-state index is 12.5. The van der Waals surface area contributed by atoms with Crippen LogP contribution in [0.3, 0.4) is 0 Å². The van der Waals surface area contributed by atoms with Crippen molar-refractivity contribution in [1.82, 2.24) is 9.80 Å². The highest BCUT2D eigenvalue weighted by atomic mass is 32.2. The van der Waals surface area contributed by atoms with Gasteiger partial charge in [0, 0.05) is 18.3 Å².